The number of halogens is 2. The highest BCUT2D eigenvalue weighted by Crippen LogP contribution is 2.17. The van der Waals surface area contributed by atoms with E-state index in [0.717, 1.165) is 5.69 Å². The molecule has 0 fully saturated rings. The van der Waals surface area contributed by atoms with Crippen molar-refractivity contribution in [1.82, 2.24) is 4.57 Å². The number of hydrogen-bond donors (Lipinski definition) is 1. The summed E-state index contributed by atoms with van der Waals surface area (Å²) in [5, 5.41) is 0. The van der Waals surface area contributed by atoms with E-state index in [1.807, 2.05) is 0 Å². The molecule has 0 aromatic carbocycles. The molecule has 68 valence electrons. The van der Waals surface area contributed by atoms with E-state index < -0.39 is 12.5 Å². The van der Waals surface area contributed by atoms with Crippen molar-refractivity contribution in [3.8, 4) is 0 Å². The van der Waals surface area contributed by atoms with Crippen LogP contribution in [0.1, 0.15) is 18.2 Å². The monoisotopic (exact) mass is 174 g/mol. The Labute approximate surface area is 70.0 Å². The zero-order chi connectivity index (χ0) is 9.14. The fraction of sp³-hybridized carbons (Fsp3) is 0.500. The molecule has 0 unspecified atom stereocenters. The molecule has 0 bridgehead atoms. The largest absolute Gasteiger partial charge is 0.353 e. The maximum absolute atomic E-state index is 11.9. The van der Waals surface area contributed by atoms with Crippen molar-refractivity contribution in [1.29, 1.82) is 0 Å². The van der Waals surface area contributed by atoms with Gasteiger partial charge in [-0.05, 0) is 12.1 Å². The van der Waals surface area contributed by atoms with Gasteiger partial charge in [-0.1, -0.05) is 0 Å². The second-order valence-electron chi connectivity index (χ2n) is 2.78. The van der Waals surface area contributed by atoms with Crippen LogP contribution < -0.4 is 5.73 Å². The maximum Gasteiger partial charge on any atom is 0.240 e. The van der Waals surface area contributed by atoms with Crippen molar-refractivity contribution in [2.45, 2.75) is 18.9 Å². The molecule has 1 aromatic rings. The fourth-order valence-corrected chi connectivity index (χ4v) is 1.17. The molecule has 2 N–H and O–H groups in total. The molecule has 0 aliphatic carbocycles. The predicted octanol–water partition coefficient (Wildman–Crippen LogP) is 1.68. The number of aryl methyl sites for hydroxylation is 1. The lowest BCUT2D eigenvalue weighted by molar-refractivity contribution is 0.127. The molecule has 0 spiro atoms. The second-order valence-corrected chi connectivity index (χ2v) is 2.78. The summed E-state index contributed by atoms with van der Waals surface area (Å²) in [6.45, 7) is 0. The van der Waals surface area contributed by atoms with Crippen LogP contribution in [-0.4, -0.2) is 11.0 Å². The average molecular weight is 174 g/mol. The van der Waals surface area contributed by atoms with E-state index in [2.05, 4.69) is 0 Å². The quantitative estimate of drug-likeness (QED) is 0.742. The number of hydrogen-bond acceptors (Lipinski definition) is 1. The fourth-order valence-electron chi connectivity index (χ4n) is 1.17. The van der Waals surface area contributed by atoms with Gasteiger partial charge in [0, 0.05) is 25.4 Å². The Balaban J connectivity index is 2.65. The third-order valence-electron chi connectivity index (χ3n) is 1.80. The summed E-state index contributed by atoms with van der Waals surface area (Å²) in [6, 6.07) is 2.98. The number of alkyl halides is 2. The van der Waals surface area contributed by atoms with Gasteiger partial charge in [-0.15, -0.1) is 0 Å². The first-order valence-electron chi connectivity index (χ1n) is 3.76. The van der Waals surface area contributed by atoms with E-state index in [-0.39, 0.29) is 6.42 Å². The maximum atomic E-state index is 11.9. The summed E-state index contributed by atoms with van der Waals surface area (Å²) in [7, 11) is 1.79. The molecule has 0 amide bonds. The van der Waals surface area contributed by atoms with Gasteiger partial charge in [0.05, 0.1) is 6.04 Å². The highest BCUT2D eigenvalue weighted by Gasteiger charge is 2.14. The molecule has 0 saturated carbocycles. The van der Waals surface area contributed by atoms with Crippen molar-refractivity contribution in [2.75, 3.05) is 0 Å². The highest BCUT2D eigenvalue weighted by molar-refractivity contribution is 5.10. The summed E-state index contributed by atoms with van der Waals surface area (Å²) < 4.78 is 25.6. The Hall–Kier alpha value is -0.900. The number of aromatic nitrogens is 1. The highest BCUT2D eigenvalue weighted by atomic mass is 19.3. The van der Waals surface area contributed by atoms with E-state index in [1.165, 1.54) is 0 Å². The van der Waals surface area contributed by atoms with Crippen molar-refractivity contribution in [2.24, 2.45) is 12.8 Å². The van der Waals surface area contributed by atoms with Crippen LogP contribution in [0.25, 0.3) is 0 Å². The smallest absolute Gasteiger partial charge is 0.240 e. The van der Waals surface area contributed by atoms with Gasteiger partial charge in [0.15, 0.2) is 0 Å². The summed E-state index contributed by atoms with van der Waals surface area (Å²) in [4.78, 5) is 0. The molecule has 1 atom stereocenters. The van der Waals surface area contributed by atoms with Crippen molar-refractivity contribution in [3.63, 3.8) is 0 Å². The van der Waals surface area contributed by atoms with E-state index in [1.54, 1.807) is 29.9 Å². The lowest BCUT2D eigenvalue weighted by Gasteiger charge is -2.11. The van der Waals surface area contributed by atoms with Gasteiger partial charge in [0.2, 0.25) is 6.43 Å². The van der Waals surface area contributed by atoms with Crippen LogP contribution in [-0.2, 0) is 7.05 Å². The van der Waals surface area contributed by atoms with Crippen LogP contribution in [0, 0.1) is 0 Å². The lowest BCUT2D eigenvalue weighted by atomic mass is 10.1. The first-order chi connectivity index (χ1) is 5.61. The Morgan fingerprint density at radius 2 is 2.25 bits per heavy atom. The van der Waals surface area contributed by atoms with Crippen molar-refractivity contribution < 1.29 is 8.78 Å². The van der Waals surface area contributed by atoms with Crippen LogP contribution in [0.15, 0.2) is 18.3 Å². The van der Waals surface area contributed by atoms with Gasteiger partial charge in [-0.3, -0.25) is 0 Å². The molecular formula is C8H12F2N2. The van der Waals surface area contributed by atoms with Gasteiger partial charge in [0.25, 0.3) is 0 Å². The minimum absolute atomic E-state index is 0.280. The normalized spacial score (nSPS) is 13.8. The average Bonchev–Trinajstić information content (AvgIpc) is 2.33. The first-order valence-corrected chi connectivity index (χ1v) is 3.76. The van der Waals surface area contributed by atoms with Crippen LogP contribution in [0.5, 0.6) is 0 Å². The molecule has 0 aliphatic heterocycles. The summed E-state index contributed by atoms with van der Waals surface area (Å²) in [5.41, 5.74) is 6.29. The molecule has 1 heterocycles. The molecule has 2 nitrogen and oxygen atoms in total. The van der Waals surface area contributed by atoms with Gasteiger partial charge in [0.1, 0.15) is 0 Å². The molecule has 12 heavy (non-hydrogen) atoms. The minimum atomic E-state index is -2.34. The minimum Gasteiger partial charge on any atom is -0.353 e. The second kappa shape index (κ2) is 3.67. The summed E-state index contributed by atoms with van der Waals surface area (Å²) in [5.74, 6) is 0. The standard InChI is InChI=1S/C8H12F2N2/c1-12-4-2-3-7(12)6(11)5-8(9)10/h2-4,6,8H,5,11H2,1H3/t6-/m0/s1. The lowest BCUT2D eigenvalue weighted by Crippen LogP contribution is -2.16. The third kappa shape index (κ3) is 2.04. The van der Waals surface area contributed by atoms with E-state index >= 15 is 0 Å². The van der Waals surface area contributed by atoms with Crippen LogP contribution in [0.2, 0.25) is 0 Å². The van der Waals surface area contributed by atoms with Gasteiger partial charge >= 0.3 is 0 Å². The zero-order valence-corrected chi connectivity index (χ0v) is 6.87. The zero-order valence-electron chi connectivity index (χ0n) is 6.87. The van der Waals surface area contributed by atoms with Gasteiger partial charge in [-0.2, -0.15) is 0 Å². The van der Waals surface area contributed by atoms with Gasteiger partial charge in [-0.25, -0.2) is 8.78 Å². The van der Waals surface area contributed by atoms with Gasteiger partial charge < -0.3 is 10.3 Å². The van der Waals surface area contributed by atoms with E-state index in [0.29, 0.717) is 0 Å². The third-order valence-corrected chi connectivity index (χ3v) is 1.80. The van der Waals surface area contributed by atoms with Crippen LogP contribution >= 0.6 is 0 Å². The molecule has 1 aromatic heterocycles. The summed E-state index contributed by atoms with van der Waals surface area (Å²) >= 11 is 0. The molecule has 0 aliphatic rings. The predicted molar refractivity (Wildman–Crippen MR) is 43.0 cm³/mol. The van der Waals surface area contributed by atoms with Crippen molar-refractivity contribution in [3.05, 3.63) is 24.0 Å². The Morgan fingerprint density at radius 3 is 2.67 bits per heavy atom. The number of nitrogens with two attached hydrogens (primary N) is 1. The molecule has 4 heteroatoms. The topological polar surface area (TPSA) is 30.9 Å². The Morgan fingerprint density at radius 1 is 1.58 bits per heavy atom. The Bertz CT molecular complexity index is 245. The molecule has 0 radical (unpaired) electrons. The molecular weight excluding hydrogens is 162 g/mol. The number of nitrogens with zero attached hydrogens (tertiary/aromatic N) is 1. The van der Waals surface area contributed by atoms with Crippen LogP contribution in [0.3, 0.4) is 0 Å². The summed E-state index contributed by atoms with van der Waals surface area (Å²) in [6.07, 6.45) is -0.826. The molecule has 1 rings (SSSR count). The number of rotatable bonds is 3. The van der Waals surface area contributed by atoms with Crippen molar-refractivity contribution >= 4 is 0 Å². The molecule has 0 saturated heterocycles. The SMILES string of the molecule is Cn1cccc1[C@@H](N)CC(F)F. The first kappa shape index (κ1) is 9.19. The van der Waals surface area contributed by atoms with E-state index in [4.69, 9.17) is 5.73 Å². The van der Waals surface area contributed by atoms with E-state index in [9.17, 15) is 8.78 Å². The Kier molecular flexibility index (Phi) is 2.81. The van der Waals surface area contributed by atoms with Crippen LogP contribution in [0.4, 0.5) is 8.78 Å².